The van der Waals surface area contributed by atoms with Gasteiger partial charge in [0.05, 0.1) is 6.10 Å². The van der Waals surface area contributed by atoms with Crippen LogP contribution in [-0.2, 0) is 6.42 Å². The minimum absolute atomic E-state index is 0.0224. The molecule has 2 aliphatic heterocycles. The number of benzene rings is 4. The van der Waals surface area contributed by atoms with Crippen LogP contribution in [0.2, 0.25) is 0 Å². The average molecular weight is 531 g/mol. The van der Waals surface area contributed by atoms with Crippen LogP contribution in [0, 0.1) is 0 Å². The first kappa shape index (κ1) is 24.7. The first-order valence-corrected chi connectivity index (χ1v) is 12.4. The van der Waals surface area contributed by atoms with Crippen LogP contribution < -0.4 is 9.47 Å². The molecule has 7 N–H and O–H groups in total. The average Bonchev–Trinajstić information content (AvgIpc) is 2.90. The molecule has 0 fully saturated rings. The molecule has 0 aromatic heterocycles. The Hall–Kier alpha value is -4.60. The third kappa shape index (κ3) is 4.31. The van der Waals surface area contributed by atoms with Gasteiger partial charge < -0.3 is 45.2 Å². The van der Waals surface area contributed by atoms with Crippen molar-refractivity contribution in [3.63, 3.8) is 0 Å². The van der Waals surface area contributed by atoms with Gasteiger partial charge in [-0.15, -0.1) is 0 Å². The van der Waals surface area contributed by atoms with Gasteiger partial charge in [0.2, 0.25) is 0 Å². The number of fused-ring (bicyclic) bond motifs is 2. The molecule has 0 saturated heterocycles. The third-order valence-electron chi connectivity index (χ3n) is 7.36. The van der Waals surface area contributed by atoms with Gasteiger partial charge in [-0.3, -0.25) is 0 Å². The van der Waals surface area contributed by atoms with Gasteiger partial charge in [0, 0.05) is 35.6 Å². The van der Waals surface area contributed by atoms with E-state index in [0.717, 1.165) is 0 Å². The fraction of sp³-hybridized carbons (Fsp3) is 0.200. The van der Waals surface area contributed by atoms with Crippen LogP contribution >= 0.6 is 0 Å². The van der Waals surface area contributed by atoms with Gasteiger partial charge in [0.1, 0.15) is 41.0 Å². The minimum Gasteiger partial charge on any atom is -0.508 e. The predicted octanol–water partition coefficient (Wildman–Crippen LogP) is 3.88. The van der Waals surface area contributed by atoms with Gasteiger partial charge in [-0.05, 0) is 53.1 Å². The first-order valence-electron chi connectivity index (χ1n) is 12.4. The van der Waals surface area contributed by atoms with E-state index in [1.54, 1.807) is 24.3 Å². The molecule has 0 unspecified atom stereocenters. The quantitative estimate of drug-likeness (QED) is 0.195. The van der Waals surface area contributed by atoms with E-state index in [1.165, 1.54) is 48.5 Å². The Balaban J connectivity index is 1.40. The van der Waals surface area contributed by atoms with E-state index in [9.17, 15) is 35.7 Å². The van der Waals surface area contributed by atoms with Crippen LogP contribution in [0.15, 0.2) is 72.8 Å². The predicted molar refractivity (Wildman–Crippen MR) is 138 cm³/mol. The lowest BCUT2D eigenvalue weighted by atomic mass is 9.78. The molecule has 0 spiro atoms. The Morgan fingerprint density at radius 3 is 2.00 bits per heavy atom. The standard InChI is InChI=1S/C30H26O9/c31-17-4-1-14(2-5-17)30-28(37)27(19-7-6-18(32)12-26(19)39-30)20-9-16-11-24(36)29(38-25(16)13-22(20)34)15-3-8-21(33)23(35)10-15/h1-10,12-13,24,27-37H,11H2/t24-,27+,28-,29-,30+/m0/s1. The third-order valence-corrected chi connectivity index (χ3v) is 7.36. The molecular formula is C30H26O9. The van der Waals surface area contributed by atoms with Gasteiger partial charge in [-0.1, -0.05) is 24.3 Å². The maximum atomic E-state index is 11.6. The van der Waals surface area contributed by atoms with E-state index in [-0.39, 0.29) is 35.2 Å². The van der Waals surface area contributed by atoms with Crippen molar-refractivity contribution in [2.45, 2.75) is 36.8 Å². The minimum atomic E-state index is -1.15. The largest absolute Gasteiger partial charge is 0.508 e. The number of phenols is 5. The molecule has 9 heteroatoms. The van der Waals surface area contributed by atoms with Crippen LogP contribution in [0.25, 0.3) is 0 Å². The molecule has 2 heterocycles. The highest BCUT2D eigenvalue weighted by atomic mass is 16.5. The van der Waals surface area contributed by atoms with E-state index >= 15 is 0 Å². The Morgan fingerprint density at radius 1 is 0.564 bits per heavy atom. The monoisotopic (exact) mass is 530 g/mol. The van der Waals surface area contributed by atoms with Crippen LogP contribution in [-0.4, -0.2) is 48.0 Å². The number of hydrogen-bond acceptors (Lipinski definition) is 9. The Kier molecular flexibility index (Phi) is 5.90. The molecule has 200 valence electrons. The number of ether oxygens (including phenoxy) is 2. The molecule has 5 atom stereocenters. The SMILES string of the molecule is Oc1ccc([C@H]2Oc3cc(O)ccc3[C@H](c3cc4c(cc3O)O[C@@H](c3ccc(O)c(O)c3)[C@@H](O)C4)[C@@H]2O)cc1. The Bertz CT molecular complexity index is 1550. The summed E-state index contributed by atoms with van der Waals surface area (Å²) in [5, 5.41) is 72.9. The van der Waals surface area contributed by atoms with E-state index in [1.807, 2.05) is 0 Å². The molecular weight excluding hydrogens is 504 g/mol. The lowest BCUT2D eigenvalue weighted by Gasteiger charge is -2.38. The van der Waals surface area contributed by atoms with E-state index in [4.69, 9.17) is 9.47 Å². The van der Waals surface area contributed by atoms with Crippen molar-refractivity contribution < 1.29 is 45.2 Å². The highest BCUT2D eigenvalue weighted by Crippen LogP contribution is 2.50. The highest BCUT2D eigenvalue weighted by molar-refractivity contribution is 5.56. The fourth-order valence-corrected chi connectivity index (χ4v) is 5.43. The summed E-state index contributed by atoms with van der Waals surface area (Å²) < 4.78 is 12.1. The van der Waals surface area contributed by atoms with Crippen LogP contribution in [0.5, 0.6) is 40.2 Å². The molecule has 0 radical (unpaired) electrons. The number of phenolic OH excluding ortho intramolecular Hbond substituents is 5. The first-order chi connectivity index (χ1) is 18.7. The summed E-state index contributed by atoms with van der Waals surface area (Å²) in [5.74, 6) is -0.828. The van der Waals surface area contributed by atoms with Crippen LogP contribution in [0.1, 0.15) is 45.9 Å². The molecule has 9 nitrogen and oxygen atoms in total. The summed E-state index contributed by atoms with van der Waals surface area (Å²) in [4.78, 5) is 0. The molecule has 2 aliphatic rings. The number of aromatic hydroxyl groups is 5. The summed E-state index contributed by atoms with van der Waals surface area (Å²) in [7, 11) is 0. The second-order valence-corrected chi connectivity index (χ2v) is 9.90. The van der Waals surface area contributed by atoms with Crippen molar-refractivity contribution in [1.82, 2.24) is 0 Å². The van der Waals surface area contributed by atoms with Crippen molar-refractivity contribution in [3.8, 4) is 40.2 Å². The van der Waals surface area contributed by atoms with Gasteiger partial charge in [0.15, 0.2) is 17.6 Å². The number of rotatable bonds is 3. The summed E-state index contributed by atoms with van der Waals surface area (Å²) in [6.45, 7) is 0. The van der Waals surface area contributed by atoms with Gasteiger partial charge in [-0.25, -0.2) is 0 Å². The van der Waals surface area contributed by atoms with Gasteiger partial charge in [0.25, 0.3) is 0 Å². The van der Waals surface area contributed by atoms with Crippen molar-refractivity contribution in [2.24, 2.45) is 0 Å². The second kappa shape index (κ2) is 9.30. The molecule has 0 aliphatic carbocycles. The molecule has 0 bridgehead atoms. The number of aliphatic hydroxyl groups excluding tert-OH is 2. The maximum Gasteiger partial charge on any atom is 0.157 e. The zero-order chi connectivity index (χ0) is 27.4. The molecule has 39 heavy (non-hydrogen) atoms. The summed E-state index contributed by atoms with van der Waals surface area (Å²) in [6.07, 6.45) is -3.69. The number of aliphatic hydroxyl groups is 2. The second-order valence-electron chi connectivity index (χ2n) is 9.90. The molecule has 6 rings (SSSR count). The molecule has 4 aromatic carbocycles. The van der Waals surface area contributed by atoms with E-state index < -0.39 is 30.3 Å². The zero-order valence-corrected chi connectivity index (χ0v) is 20.5. The van der Waals surface area contributed by atoms with E-state index in [2.05, 4.69) is 0 Å². The maximum absolute atomic E-state index is 11.6. The van der Waals surface area contributed by atoms with Crippen molar-refractivity contribution in [2.75, 3.05) is 0 Å². The van der Waals surface area contributed by atoms with Crippen LogP contribution in [0.3, 0.4) is 0 Å². The fourth-order valence-electron chi connectivity index (χ4n) is 5.43. The lowest BCUT2D eigenvalue weighted by Crippen LogP contribution is -2.35. The zero-order valence-electron chi connectivity index (χ0n) is 20.5. The van der Waals surface area contributed by atoms with E-state index in [0.29, 0.717) is 39.3 Å². The van der Waals surface area contributed by atoms with Gasteiger partial charge >= 0.3 is 0 Å². The van der Waals surface area contributed by atoms with Gasteiger partial charge in [-0.2, -0.15) is 0 Å². The molecule has 0 saturated carbocycles. The highest BCUT2D eigenvalue weighted by Gasteiger charge is 2.41. The van der Waals surface area contributed by atoms with Crippen molar-refractivity contribution in [3.05, 3.63) is 101 Å². The molecule has 0 amide bonds. The Morgan fingerprint density at radius 2 is 1.26 bits per heavy atom. The summed E-state index contributed by atoms with van der Waals surface area (Å²) >= 11 is 0. The molecule has 4 aromatic rings. The van der Waals surface area contributed by atoms with Crippen LogP contribution in [0.4, 0.5) is 0 Å². The smallest absolute Gasteiger partial charge is 0.157 e. The summed E-state index contributed by atoms with van der Waals surface area (Å²) in [5.41, 5.74) is 2.60. The van der Waals surface area contributed by atoms with Crippen molar-refractivity contribution in [1.29, 1.82) is 0 Å². The summed E-state index contributed by atoms with van der Waals surface area (Å²) in [6, 6.07) is 18.1. The number of hydrogen-bond donors (Lipinski definition) is 7. The normalized spacial score (nSPS) is 23.7. The Labute approximate surface area is 223 Å². The topological polar surface area (TPSA) is 160 Å². The van der Waals surface area contributed by atoms with Crippen molar-refractivity contribution >= 4 is 0 Å². The lowest BCUT2D eigenvalue weighted by molar-refractivity contribution is 0.00739.